The fraction of sp³-hybridized carbons (Fsp3) is 0.261. The quantitative estimate of drug-likeness (QED) is 0.445. The number of oxazole rings is 1. The number of rotatable bonds is 8. The van der Waals surface area contributed by atoms with Gasteiger partial charge in [0.05, 0.1) is 17.3 Å². The molecule has 1 atom stereocenters. The van der Waals surface area contributed by atoms with E-state index in [0.29, 0.717) is 40.1 Å². The summed E-state index contributed by atoms with van der Waals surface area (Å²) in [5.74, 6) is 0.836. The number of carbonyl (C=O) groups excluding carboxylic acids is 2. The van der Waals surface area contributed by atoms with Gasteiger partial charge in [0.25, 0.3) is 0 Å². The maximum absolute atomic E-state index is 12.3. The second kappa shape index (κ2) is 10.5. The van der Waals surface area contributed by atoms with Crippen LogP contribution in [0.2, 0.25) is 10.0 Å². The molecule has 6 nitrogen and oxygen atoms in total. The Hall–Kier alpha value is -2.83. The second-order valence-electron chi connectivity index (χ2n) is 7.06. The molecule has 0 bridgehead atoms. The average molecular weight is 460 g/mol. The van der Waals surface area contributed by atoms with Crippen LogP contribution >= 0.6 is 23.2 Å². The number of anilines is 1. The summed E-state index contributed by atoms with van der Waals surface area (Å²) in [5, 5.41) is 6.77. The molecule has 0 aliphatic rings. The molecular formula is C23H23Cl2N3O3. The van der Waals surface area contributed by atoms with Crippen molar-refractivity contribution in [2.75, 3.05) is 5.32 Å². The first-order valence-electron chi connectivity index (χ1n) is 9.95. The summed E-state index contributed by atoms with van der Waals surface area (Å²) < 4.78 is 5.73. The van der Waals surface area contributed by atoms with Crippen molar-refractivity contribution in [2.24, 2.45) is 0 Å². The Morgan fingerprint density at radius 2 is 1.84 bits per heavy atom. The molecule has 3 aromatic rings. The molecule has 2 amide bonds. The number of halogens is 2. The monoisotopic (exact) mass is 459 g/mol. The van der Waals surface area contributed by atoms with Gasteiger partial charge in [0.1, 0.15) is 0 Å². The first kappa shape index (κ1) is 22.8. The zero-order chi connectivity index (χ0) is 22.4. The molecule has 0 fully saturated rings. The summed E-state index contributed by atoms with van der Waals surface area (Å²) in [7, 11) is 0. The first-order valence-corrected chi connectivity index (χ1v) is 10.7. The van der Waals surface area contributed by atoms with E-state index in [-0.39, 0.29) is 24.3 Å². The van der Waals surface area contributed by atoms with Gasteiger partial charge in [-0.2, -0.15) is 0 Å². The van der Waals surface area contributed by atoms with Gasteiger partial charge in [-0.05, 0) is 42.8 Å². The predicted octanol–water partition coefficient (Wildman–Crippen LogP) is 5.81. The molecule has 0 spiro atoms. The van der Waals surface area contributed by atoms with Crippen molar-refractivity contribution in [3.05, 3.63) is 70.2 Å². The SMILES string of the molecule is CCC(=O)Nc1ccc(C(C)NC(=O)CCc2ncc(-c3ccc(Cl)cc3Cl)o2)cc1. The van der Waals surface area contributed by atoms with Crippen LogP contribution in [0.5, 0.6) is 0 Å². The van der Waals surface area contributed by atoms with Crippen molar-refractivity contribution in [2.45, 2.75) is 39.2 Å². The minimum absolute atomic E-state index is 0.0397. The number of amides is 2. The minimum Gasteiger partial charge on any atom is -0.441 e. The van der Waals surface area contributed by atoms with E-state index < -0.39 is 0 Å². The van der Waals surface area contributed by atoms with Gasteiger partial charge >= 0.3 is 0 Å². The molecule has 162 valence electrons. The lowest BCUT2D eigenvalue weighted by Crippen LogP contribution is -2.26. The Bertz CT molecular complexity index is 1060. The van der Waals surface area contributed by atoms with Gasteiger partial charge in [0.2, 0.25) is 11.8 Å². The Kier molecular flexibility index (Phi) is 7.71. The van der Waals surface area contributed by atoms with E-state index in [2.05, 4.69) is 15.6 Å². The molecule has 0 radical (unpaired) electrons. The van der Waals surface area contributed by atoms with Crippen LogP contribution in [0.3, 0.4) is 0 Å². The van der Waals surface area contributed by atoms with E-state index in [4.69, 9.17) is 27.6 Å². The molecule has 1 unspecified atom stereocenters. The van der Waals surface area contributed by atoms with E-state index in [0.717, 1.165) is 11.3 Å². The number of carbonyl (C=O) groups is 2. The van der Waals surface area contributed by atoms with E-state index in [1.54, 1.807) is 31.3 Å². The van der Waals surface area contributed by atoms with Gasteiger partial charge in [-0.15, -0.1) is 0 Å². The fourth-order valence-electron chi connectivity index (χ4n) is 2.96. The summed E-state index contributed by atoms with van der Waals surface area (Å²) >= 11 is 12.1. The van der Waals surface area contributed by atoms with Crippen LogP contribution < -0.4 is 10.6 Å². The number of nitrogens with one attached hydrogen (secondary N) is 2. The highest BCUT2D eigenvalue weighted by Gasteiger charge is 2.14. The number of hydrogen-bond donors (Lipinski definition) is 2. The first-order chi connectivity index (χ1) is 14.9. The van der Waals surface area contributed by atoms with Crippen LogP contribution in [0, 0.1) is 0 Å². The van der Waals surface area contributed by atoms with Crippen molar-refractivity contribution in [1.29, 1.82) is 0 Å². The molecule has 31 heavy (non-hydrogen) atoms. The Morgan fingerprint density at radius 3 is 2.52 bits per heavy atom. The van der Waals surface area contributed by atoms with Crippen LogP contribution in [-0.2, 0) is 16.0 Å². The zero-order valence-electron chi connectivity index (χ0n) is 17.2. The lowest BCUT2D eigenvalue weighted by Gasteiger charge is -2.15. The maximum atomic E-state index is 12.3. The summed E-state index contributed by atoms with van der Waals surface area (Å²) in [6, 6.07) is 12.4. The number of aromatic nitrogens is 1. The van der Waals surface area contributed by atoms with E-state index in [9.17, 15) is 9.59 Å². The number of hydrogen-bond acceptors (Lipinski definition) is 4. The van der Waals surface area contributed by atoms with Crippen molar-refractivity contribution in [3.63, 3.8) is 0 Å². The fourth-order valence-corrected chi connectivity index (χ4v) is 3.46. The molecule has 1 heterocycles. The molecule has 0 saturated carbocycles. The molecular weight excluding hydrogens is 437 g/mol. The lowest BCUT2D eigenvalue weighted by atomic mass is 10.1. The highest BCUT2D eigenvalue weighted by Crippen LogP contribution is 2.30. The van der Waals surface area contributed by atoms with Crippen molar-refractivity contribution < 1.29 is 14.0 Å². The molecule has 8 heteroatoms. The smallest absolute Gasteiger partial charge is 0.224 e. The summed E-state index contributed by atoms with van der Waals surface area (Å²) in [6.45, 7) is 3.70. The van der Waals surface area contributed by atoms with E-state index >= 15 is 0 Å². The van der Waals surface area contributed by atoms with Crippen molar-refractivity contribution in [1.82, 2.24) is 10.3 Å². The van der Waals surface area contributed by atoms with Crippen molar-refractivity contribution in [3.8, 4) is 11.3 Å². The number of benzene rings is 2. The van der Waals surface area contributed by atoms with Gasteiger partial charge in [-0.3, -0.25) is 9.59 Å². The largest absolute Gasteiger partial charge is 0.441 e. The molecule has 2 N–H and O–H groups in total. The number of nitrogens with zero attached hydrogens (tertiary/aromatic N) is 1. The lowest BCUT2D eigenvalue weighted by molar-refractivity contribution is -0.121. The third-order valence-electron chi connectivity index (χ3n) is 4.71. The van der Waals surface area contributed by atoms with Gasteiger partial charge in [-0.25, -0.2) is 4.98 Å². The van der Waals surface area contributed by atoms with Crippen LogP contribution in [0.15, 0.2) is 53.1 Å². The minimum atomic E-state index is -0.170. The molecule has 3 rings (SSSR count). The van der Waals surface area contributed by atoms with Gasteiger partial charge in [0.15, 0.2) is 11.7 Å². The van der Waals surface area contributed by atoms with Gasteiger partial charge in [-0.1, -0.05) is 42.3 Å². The van der Waals surface area contributed by atoms with Crippen LogP contribution in [0.4, 0.5) is 5.69 Å². The standard InChI is InChI=1S/C23H23Cl2N3O3/c1-3-21(29)28-17-7-4-15(5-8-17)14(2)27-22(30)10-11-23-26-13-20(31-23)18-9-6-16(24)12-19(18)25/h4-9,12-14H,3,10-11H2,1-2H3,(H,27,30)(H,28,29). The van der Waals surface area contributed by atoms with Crippen LogP contribution in [-0.4, -0.2) is 16.8 Å². The Balaban J connectivity index is 1.52. The van der Waals surface area contributed by atoms with Crippen LogP contribution in [0.25, 0.3) is 11.3 Å². The molecule has 0 aliphatic heterocycles. The topological polar surface area (TPSA) is 84.2 Å². The van der Waals surface area contributed by atoms with Gasteiger partial charge < -0.3 is 15.1 Å². The highest BCUT2D eigenvalue weighted by molar-refractivity contribution is 6.36. The summed E-state index contributed by atoms with van der Waals surface area (Å²) in [5.41, 5.74) is 2.37. The second-order valence-corrected chi connectivity index (χ2v) is 7.90. The maximum Gasteiger partial charge on any atom is 0.224 e. The van der Waals surface area contributed by atoms with Crippen LogP contribution in [0.1, 0.15) is 44.2 Å². The molecule has 0 saturated heterocycles. The Labute approximate surface area is 191 Å². The average Bonchev–Trinajstić information content (AvgIpc) is 3.21. The zero-order valence-corrected chi connectivity index (χ0v) is 18.8. The normalized spacial score (nSPS) is 11.7. The van der Waals surface area contributed by atoms with Crippen molar-refractivity contribution >= 4 is 40.7 Å². The van der Waals surface area contributed by atoms with E-state index in [1.807, 2.05) is 31.2 Å². The van der Waals surface area contributed by atoms with Gasteiger partial charge in [0, 0.05) is 35.5 Å². The predicted molar refractivity (Wildman–Crippen MR) is 122 cm³/mol. The molecule has 1 aromatic heterocycles. The highest BCUT2D eigenvalue weighted by atomic mass is 35.5. The molecule has 0 aliphatic carbocycles. The third kappa shape index (κ3) is 6.32. The summed E-state index contributed by atoms with van der Waals surface area (Å²) in [4.78, 5) is 28.0. The Morgan fingerprint density at radius 1 is 1.10 bits per heavy atom. The summed E-state index contributed by atoms with van der Waals surface area (Å²) in [6.07, 6.45) is 2.62. The van der Waals surface area contributed by atoms with E-state index in [1.165, 1.54) is 0 Å². The number of aryl methyl sites for hydroxylation is 1. The molecule has 2 aromatic carbocycles. The third-order valence-corrected chi connectivity index (χ3v) is 5.26.